The van der Waals surface area contributed by atoms with Crippen molar-refractivity contribution < 1.29 is 19.1 Å². The van der Waals surface area contributed by atoms with Crippen molar-refractivity contribution in [2.75, 3.05) is 12.4 Å². The standard InChI is InChI=1S/C31H37N3O5/c1-22(33(5)30(38)39-31(2,3)4)28(36)32-26-19-20-27(24-16-10-7-11-17-24)34(29(26)37)21-25(35)18-12-15-23-13-8-6-9-14-23/h6-11,13-14,16-17,19-20,22H,12,15,18,21H2,1-5H3,(H,32,36)/t22-/m0/s1. The second kappa shape index (κ2) is 13.0. The minimum Gasteiger partial charge on any atom is -0.444 e. The molecule has 0 aliphatic heterocycles. The van der Waals surface area contributed by atoms with Gasteiger partial charge in [0.2, 0.25) is 5.91 Å². The van der Waals surface area contributed by atoms with E-state index < -0.39 is 29.2 Å². The molecule has 206 valence electrons. The number of aromatic nitrogens is 1. The third kappa shape index (κ3) is 8.40. The van der Waals surface area contributed by atoms with Crippen molar-refractivity contribution in [1.82, 2.24) is 9.47 Å². The monoisotopic (exact) mass is 531 g/mol. The van der Waals surface area contributed by atoms with E-state index in [1.165, 1.54) is 22.6 Å². The van der Waals surface area contributed by atoms with E-state index in [0.29, 0.717) is 18.5 Å². The zero-order valence-electron chi connectivity index (χ0n) is 23.3. The summed E-state index contributed by atoms with van der Waals surface area (Å²) in [5, 5.41) is 2.63. The van der Waals surface area contributed by atoms with Gasteiger partial charge in [0, 0.05) is 13.5 Å². The van der Waals surface area contributed by atoms with E-state index in [9.17, 15) is 19.2 Å². The lowest BCUT2D eigenvalue weighted by molar-refractivity contribution is -0.120. The Kier molecular flexibility index (Phi) is 9.82. The van der Waals surface area contributed by atoms with Crippen LogP contribution >= 0.6 is 0 Å². The minimum absolute atomic E-state index is 0.0289. The summed E-state index contributed by atoms with van der Waals surface area (Å²) in [5.74, 6) is -0.625. The Morgan fingerprint density at radius 3 is 2.18 bits per heavy atom. The van der Waals surface area contributed by atoms with Gasteiger partial charge in [-0.25, -0.2) is 4.79 Å². The fourth-order valence-electron chi connectivity index (χ4n) is 3.99. The number of anilines is 1. The first-order valence-electron chi connectivity index (χ1n) is 13.1. The first-order valence-corrected chi connectivity index (χ1v) is 13.1. The van der Waals surface area contributed by atoms with E-state index in [1.54, 1.807) is 33.8 Å². The van der Waals surface area contributed by atoms with Gasteiger partial charge in [0.15, 0.2) is 5.78 Å². The van der Waals surface area contributed by atoms with Crippen molar-refractivity contribution in [2.45, 2.75) is 65.1 Å². The second-order valence-corrected chi connectivity index (χ2v) is 10.5. The largest absolute Gasteiger partial charge is 0.444 e. The van der Waals surface area contributed by atoms with E-state index in [-0.39, 0.29) is 18.0 Å². The molecule has 0 unspecified atom stereocenters. The van der Waals surface area contributed by atoms with Crippen LogP contribution in [0.1, 0.15) is 46.1 Å². The van der Waals surface area contributed by atoms with Gasteiger partial charge < -0.3 is 10.1 Å². The molecule has 0 saturated heterocycles. The fourth-order valence-corrected chi connectivity index (χ4v) is 3.99. The van der Waals surface area contributed by atoms with Gasteiger partial charge in [-0.15, -0.1) is 0 Å². The highest BCUT2D eigenvalue weighted by molar-refractivity contribution is 5.96. The molecule has 0 saturated carbocycles. The van der Waals surface area contributed by atoms with Crippen LogP contribution in [0.5, 0.6) is 0 Å². The number of ketones is 1. The molecule has 3 aromatic rings. The number of amides is 2. The number of pyridine rings is 1. The van der Waals surface area contributed by atoms with E-state index in [2.05, 4.69) is 5.32 Å². The molecule has 2 amide bonds. The maximum absolute atomic E-state index is 13.5. The van der Waals surface area contributed by atoms with E-state index >= 15 is 0 Å². The number of benzene rings is 2. The lowest BCUT2D eigenvalue weighted by Crippen LogP contribution is -2.45. The summed E-state index contributed by atoms with van der Waals surface area (Å²) < 4.78 is 6.74. The predicted octanol–water partition coefficient (Wildman–Crippen LogP) is 5.30. The maximum Gasteiger partial charge on any atom is 0.410 e. The molecule has 0 aliphatic rings. The van der Waals surface area contributed by atoms with Gasteiger partial charge in [0.05, 0.1) is 12.2 Å². The summed E-state index contributed by atoms with van der Waals surface area (Å²) >= 11 is 0. The van der Waals surface area contributed by atoms with Gasteiger partial charge in [-0.2, -0.15) is 0 Å². The highest BCUT2D eigenvalue weighted by Gasteiger charge is 2.27. The smallest absolute Gasteiger partial charge is 0.410 e. The van der Waals surface area contributed by atoms with Crippen molar-refractivity contribution in [3.63, 3.8) is 0 Å². The molecule has 0 fully saturated rings. The number of hydrogen-bond acceptors (Lipinski definition) is 5. The number of carbonyl (C=O) groups excluding carboxylic acids is 3. The van der Waals surface area contributed by atoms with Gasteiger partial charge in [-0.3, -0.25) is 23.9 Å². The number of hydrogen-bond donors (Lipinski definition) is 1. The topological polar surface area (TPSA) is 97.7 Å². The highest BCUT2D eigenvalue weighted by Crippen LogP contribution is 2.20. The number of carbonyl (C=O) groups is 3. The Hall–Kier alpha value is -4.20. The van der Waals surface area contributed by atoms with Gasteiger partial charge in [0.1, 0.15) is 17.3 Å². The van der Waals surface area contributed by atoms with Gasteiger partial charge >= 0.3 is 6.09 Å². The van der Waals surface area contributed by atoms with Crippen LogP contribution in [0.3, 0.4) is 0 Å². The number of ether oxygens (including phenoxy) is 1. The first kappa shape index (κ1) is 29.4. The average Bonchev–Trinajstić information content (AvgIpc) is 2.90. The number of rotatable bonds is 10. The third-order valence-electron chi connectivity index (χ3n) is 6.24. The van der Waals surface area contributed by atoms with Crippen LogP contribution in [0.4, 0.5) is 10.5 Å². The summed E-state index contributed by atoms with van der Waals surface area (Å²) in [4.78, 5) is 53.0. The highest BCUT2D eigenvalue weighted by atomic mass is 16.6. The number of nitrogens with zero attached hydrogens (tertiary/aromatic N) is 2. The molecule has 8 nitrogen and oxygen atoms in total. The summed E-state index contributed by atoms with van der Waals surface area (Å²) in [7, 11) is 1.46. The molecule has 3 rings (SSSR count). The Labute approximate surface area is 229 Å². The summed E-state index contributed by atoms with van der Waals surface area (Å²) in [6.45, 7) is 6.65. The molecule has 0 aliphatic carbocycles. The van der Waals surface area contributed by atoms with Crippen LogP contribution in [0.2, 0.25) is 0 Å². The molecule has 39 heavy (non-hydrogen) atoms. The zero-order chi connectivity index (χ0) is 28.6. The first-order chi connectivity index (χ1) is 18.5. The van der Waals surface area contributed by atoms with E-state index in [0.717, 1.165) is 17.5 Å². The van der Waals surface area contributed by atoms with Crippen LogP contribution < -0.4 is 10.9 Å². The maximum atomic E-state index is 13.5. The van der Waals surface area contributed by atoms with Crippen LogP contribution in [0.25, 0.3) is 11.3 Å². The van der Waals surface area contributed by atoms with Crippen molar-refractivity contribution in [3.05, 3.63) is 88.7 Å². The minimum atomic E-state index is -0.902. The molecule has 1 atom stereocenters. The lowest BCUT2D eigenvalue weighted by Gasteiger charge is -2.28. The third-order valence-corrected chi connectivity index (χ3v) is 6.24. The Bertz CT molecular complexity index is 1340. The lowest BCUT2D eigenvalue weighted by atomic mass is 10.1. The molecule has 0 spiro atoms. The summed E-state index contributed by atoms with van der Waals surface area (Å²) in [6.07, 6.45) is 1.11. The van der Waals surface area contributed by atoms with Crippen LogP contribution in [-0.2, 0) is 27.3 Å². The Morgan fingerprint density at radius 1 is 0.949 bits per heavy atom. The van der Waals surface area contributed by atoms with Crippen LogP contribution in [-0.4, -0.2) is 45.9 Å². The fraction of sp³-hybridized carbons (Fsp3) is 0.355. The Morgan fingerprint density at radius 2 is 1.56 bits per heavy atom. The second-order valence-electron chi connectivity index (χ2n) is 10.5. The van der Waals surface area contributed by atoms with Crippen molar-refractivity contribution in [1.29, 1.82) is 0 Å². The number of Topliss-reactive ketones (excluding diaryl/α,β-unsaturated/α-hetero) is 1. The normalized spacial score (nSPS) is 11.9. The summed E-state index contributed by atoms with van der Waals surface area (Å²) in [6, 6.07) is 21.6. The zero-order valence-corrected chi connectivity index (χ0v) is 23.3. The molecular formula is C31H37N3O5. The molecule has 0 bridgehead atoms. The van der Waals surface area contributed by atoms with Crippen LogP contribution in [0.15, 0.2) is 77.6 Å². The van der Waals surface area contributed by atoms with E-state index in [4.69, 9.17) is 4.74 Å². The molecule has 1 aromatic heterocycles. The average molecular weight is 532 g/mol. The van der Waals surface area contributed by atoms with Gasteiger partial charge in [0.25, 0.3) is 5.56 Å². The summed E-state index contributed by atoms with van der Waals surface area (Å²) in [5.41, 5.74) is 1.34. The number of aryl methyl sites for hydroxylation is 1. The van der Waals surface area contributed by atoms with Crippen LogP contribution in [0, 0.1) is 0 Å². The predicted molar refractivity (Wildman–Crippen MR) is 153 cm³/mol. The molecule has 1 heterocycles. The van der Waals surface area contributed by atoms with Gasteiger partial charge in [-0.05, 0) is 63.8 Å². The van der Waals surface area contributed by atoms with Crippen molar-refractivity contribution >= 4 is 23.5 Å². The number of nitrogens with one attached hydrogen (secondary N) is 1. The SMILES string of the molecule is C[C@@H](C(=O)Nc1ccc(-c2ccccc2)n(CC(=O)CCCc2ccccc2)c1=O)N(C)C(=O)OC(C)(C)C. The quantitative estimate of drug-likeness (QED) is 0.383. The molecular weight excluding hydrogens is 494 g/mol. The molecule has 1 N–H and O–H groups in total. The van der Waals surface area contributed by atoms with Crippen molar-refractivity contribution in [2.24, 2.45) is 0 Å². The molecule has 2 aromatic carbocycles. The number of likely N-dealkylation sites (N-methyl/N-ethyl adjacent to an activating group) is 1. The molecule has 8 heteroatoms. The van der Waals surface area contributed by atoms with E-state index in [1.807, 2.05) is 60.7 Å². The Balaban J connectivity index is 1.79. The molecule has 0 radical (unpaired) electrons. The van der Waals surface area contributed by atoms with Gasteiger partial charge in [-0.1, -0.05) is 60.7 Å². The van der Waals surface area contributed by atoms with Crippen molar-refractivity contribution in [3.8, 4) is 11.3 Å².